The van der Waals surface area contributed by atoms with Crippen molar-refractivity contribution in [1.29, 1.82) is 0 Å². The molecule has 0 spiro atoms. The summed E-state index contributed by atoms with van der Waals surface area (Å²) in [6.45, 7) is 7.56. The number of nitrogens with zero attached hydrogens (tertiary/aromatic N) is 3. The summed E-state index contributed by atoms with van der Waals surface area (Å²) in [6, 6.07) is 6.47. The van der Waals surface area contributed by atoms with Gasteiger partial charge in [-0.1, -0.05) is 17.7 Å². The van der Waals surface area contributed by atoms with Gasteiger partial charge in [-0.15, -0.1) is 5.84 Å². The molecule has 0 amide bonds. The number of nitrogens with two attached hydrogens (primary N) is 1. The molecule has 1 saturated heterocycles. The van der Waals surface area contributed by atoms with Gasteiger partial charge >= 0.3 is 16.1 Å². The van der Waals surface area contributed by atoms with E-state index in [2.05, 4.69) is 15.2 Å². The van der Waals surface area contributed by atoms with E-state index in [0.29, 0.717) is 19.0 Å². The standard InChI is InChI=1S/C17H28N5O4S/c1-15-3-5-16(6-4-15)27(23,24)26-22(18)12-8-20-17(22)19-7-2-9-21-10-13-25-14-11-21/h3-6H,2,7-14,18H2,1H3,(H,19,20)/q+1. The first-order valence-electron chi connectivity index (χ1n) is 9.18. The molecule has 0 aliphatic carbocycles. The molecule has 2 aliphatic heterocycles. The average Bonchev–Trinajstić information content (AvgIpc) is 2.99. The lowest BCUT2D eigenvalue weighted by Gasteiger charge is -2.27. The maximum Gasteiger partial charge on any atom is 0.353 e. The van der Waals surface area contributed by atoms with E-state index in [-0.39, 0.29) is 11.4 Å². The van der Waals surface area contributed by atoms with Crippen molar-refractivity contribution in [2.24, 2.45) is 10.8 Å². The highest BCUT2D eigenvalue weighted by molar-refractivity contribution is 7.86. The number of benzene rings is 1. The molecule has 150 valence electrons. The van der Waals surface area contributed by atoms with Crippen molar-refractivity contribution in [1.82, 2.24) is 10.2 Å². The fourth-order valence-corrected chi connectivity index (χ4v) is 4.09. The number of hydroxylamine groups is 2. The van der Waals surface area contributed by atoms with Crippen LogP contribution in [0.3, 0.4) is 0 Å². The first-order chi connectivity index (χ1) is 12.9. The molecule has 10 heteroatoms. The van der Waals surface area contributed by atoms with Gasteiger partial charge in [0.1, 0.15) is 6.54 Å². The number of quaternary nitrogens is 1. The lowest BCUT2D eigenvalue weighted by atomic mass is 10.2. The zero-order valence-electron chi connectivity index (χ0n) is 15.6. The van der Waals surface area contributed by atoms with Gasteiger partial charge < -0.3 is 10.1 Å². The van der Waals surface area contributed by atoms with Crippen LogP contribution in [0.2, 0.25) is 0 Å². The van der Waals surface area contributed by atoms with Gasteiger partial charge in [-0.3, -0.25) is 4.90 Å². The Labute approximate surface area is 160 Å². The molecule has 0 bridgehead atoms. The Morgan fingerprint density at radius 2 is 2.00 bits per heavy atom. The second-order valence-corrected chi connectivity index (χ2v) is 8.33. The number of nitrogens with one attached hydrogen (secondary N) is 1. The fraction of sp³-hybridized carbons (Fsp3) is 0.588. The number of hydrogen-bond donors (Lipinski definition) is 2. The molecule has 2 aliphatic rings. The molecule has 1 fully saturated rings. The summed E-state index contributed by atoms with van der Waals surface area (Å²) in [4.78, 5) is 6.71. The number of hydrogen-bond acceptors (Lipinski definition) is 8. The van der Waals surface area contributed by atoms with Crippen molar-refractivity contribution < 1.29 is 22.2 Å². The van der Waals surface area contributed by atoms with Crippen LogP contribution in [0, 0.1) is 6.92 Å². The molecule has 9 nitrogen and oxygen atoms in total. The first-order valence-corrected chi connectivity index (χ1v) is 10.6. The molecule has 2 heterocycles. The topological polar surface area (TPSA) is 106 Å². The SMILES string of the molecule is Cc1ccc(S(=O)(=O)O[N+]2(N)CCN=C2NCCCN2CCOCC2)cc1. The minimum absolute atomic E-state index is 0.0783. The third-order valence-corrected chi connectivity index (χ3v) is 5.94. The van der Waals surface area contributed by atoms with Gasteiger partial charge in [-0.05, 0) is 41.1 Å². The monoisotopic (exact) mass is 398 g/mol. The third-order valence-electron chi connectivity index (χ3n) is 4.63. The minimum Gasteiger partial charge on any atom is -0.379 e. The Hall–Kier alpha value is -1.56. The molecule has 27 heavy (non-hydrogen) atoms. The molecule has 3 rings (SSSR count). The van der Waals surface area contributed by atoms with Gasteiger partial charge in [0, 0.05) is 19.6 Å². The van der Waals surface area contributed by atoms with Crippen molar-refractivity contribution in [3.05, 3.63) is 29.8 Å². The van der Waals surface area contributed by atoms with E-state index < -0.39 is 14.9 Å². The average molecular weight is 399 g/mol. The van der Waals surface area contributed by atoms with Crippen LogP contribution in [0.1, 0.15) is 12.0 Å². The molecule has 1 aromatic rings. The summed E-state index contributed by atoms with van der Waals surface area (Å²) in [6.07, 6.45) is 0.893. The van der Waals surface area contributed by atoms with E-state index in [0.717, 1.165) is 44.8 Å². The van der Waals surface area contributed by atoms with Crippen LogP contribution in [0.4, 0.5) is 0 Å². The summed E-state index contributed by atoms with van der Waals surface area (Å²) >= 11 is 0. The van der Waals surface area contributed by atoms with E-state index >= 15 is 0 Å². The Bertz CT molecular complexity index is 762. The van der Waals surface area contributed by atoms with Gasteiger partial charge in [-0.2, -0.15) is 8.42 Å². The molecule has 1 aromatic carbocycles. The molecule has 3 N–H and O–H groups in total. The molecule has 1 atom stereocenters. The van der Waals surface area contributed by atoms with Crippen molar-refractivity contribution in [2.45, 2.75) is 18.2 Å². The molecule has 0 saturated carbocycles. The van der Waals surface area contributed by atoms with Crippen molar-refractivity contribution in [3.8, 4) is 0 Å². The number of aliphatic imine (C=N–C) groups is 1. The summed E-state index contributed by atoms with van der Waals surface area (Å²) in [5.41, 5.74) is 0.968. The van der Waals surface area contributed by atoms with Gasteiger partial charge in [0.25, 0.3) is 0 Å². The summed E-state index contributed by atoms with van der Waals surface area (Å²) in [7, 11) is -4.00. The molecule has 0 aromatic heterocycles. The van der Waals surface area contributed by atoms with Crippen LogP contribution in [-0.2, 0) is 19.1 Å². The first kappa shape index (κ1) is 20.2. The Morgan fingerprint density at radius 3 is 2.70 bits per heavy atom. The predicted octanol–water partition coefficient (Wildman–Crippen LogP) is -0.0127. The fourth-order valence-electron chi connectivity index (χ4n) is 3.04. The smallest absolute Gasteiger partial charge is 0.353 e. The predicted molar refractivity (Wildman–Crippen MR) is 101 cm³/mol. The Kier molecular flexibility index (Phi) is 6.45. The van der Waals surface area contributed by atoms with Crippen molar-refractivity contribution >= 4 is 16.1 Å². The van der Waals surface area contributed by atoms with E-state index in [1.807, 2.05) is 6.92 Å². The summed E-state index contributed by atoms with van der Waals surface area (Å²) in [5.74, 6) is 6.54. The summed E-state index contributed by atoms with van der Waals surface area (Å²) < 4.78 is 35.1. The van der Waals surface area contributed by atoms with Gasteiger partial charge in [0.15, 0.2) is 6.54 Å². The van der Waals surface area contributed by atoms with Crippen LogP contribution in [0.5, 0.6) is 0 Å². The number of morpholine rings is 1. The zero-order valence-corrected chi connectivity index (χ0v) is 16.5. The van der Waals surface area contributed by atoms with E-state index in [9.17, 15) is 8.42 Å². The van der Waals surface area contributed by atoms with Crippen LogP contribution in [0.15, 0.2) is 34.2 Å². The van der Waals surface area contributed by atoms with Gasteiger partial charge in [-0.25, -0.2) is 4.99 Å². The lowest BCUT2D eigenvalue weighted by Crippen LogP contribution is -2.62. The highest BCUT2D eigenvalue weighted by Gasteiger charge is 2.43. The Morgan fingerprint density at radius 1 is 1.30 bits per heavy atom. The molecule has 1 unspecified atom stereocenters. The van der Waals surface area contributed by atoms with Crippen LogP contribution < -0.4 is 11.2 Å². The van der Waals surface area contributed by atoms with Crippen molar-refractivity contribution in [3.63, 3.8) is 0 Å². The highest BCUT2D eigenvalue weighted by atomic mass is 32.2. The number of rotatable bonds is 7. The number of ether oxygens (including phenoxy) is 1. The third kappa shape index (κ3) is 5.24. The maximum absolute atomic E-state index is 12.6. The second-order valence-electron chi connectivity index (χ2n) is 6.80. The number of aryl methyl sites for hydroxylation is 1. The van der Waals surface area contributed by atoms with Crippen LogP contribution in [0.25, 0.3) is 0 Å². The molecular formula is C17H28N5O4S+. The van der Waals surface area contributed by atoms with Crippen LogP contribution >= 0.6 is 0 Å². The van der Waals surface area contributed by atoms with E-state index in [1.165, 1.54) is 12.1 Å². The highest BCUT2D eigenvalue weighted by Crippen LogP contribution is 2.19. The van der Waals surface area contributed by atoms with Crippen LogP contribution in [-0.4, -0.2) is 76.5 Å². The normalized spacial score (nSPS) is 24.0. The quantitative estimate of drug-likeness (QED) is 0.378. The van der Waals surface area contributed by atoms with E-state index in [4.69, 9.17) is 14.9 Å². The Balaban J connectivity index is 1.54. The second kappa shape index (κ2) is 8.63. The van der Waals surface area contributed by atoms with Gasteiger partial charge in [0.2, 0.25) is 0 Å². The number of guanidine groups is 1. The zero-order chi connectivity index (χ0) is 19.3. The van der Waals surface area contributed by atoms with E-state index in [1.54, 1.807) is 12.1 Å². The summed E-state index contributed by atoms with van der Waals surface area (Å²) in [5, 5.41) is 3.14. The lowest BCUT2D eigenvalue weighted by molar-refractivity contribution is -1.01. The maximum atomic E-state index is 12.6. The van der Waals surface area contributed by atoms with Crippen molar-refractivity contribution in [2.75, 3.05) is 52.5 Å². The largest absolute Gasteiger partial charge is 0.379 e. The minimum atomic E-state index is -4.00. The molecule has 0 radical (unpaired) electrons. The van der Waals surface area contributed by atoms with Gasteiger partial charge in [0.05, 0.1) is 18.1 Å². The molecular weight excluding hydrogens is 370 g/mol.